The van der Waals surface area contributed by atoms with E-state index < -0.39 is 90.7 Å². The molecular weight excluding hydrogens is 518 g/mol. The highest BCUT2D eigenvalue weighted by atomic mass is 16.4. The summed E-state index contributed by atoms with van der Waals surface area (Å²) in [4.78, 5) is 85.9. The summed E-state index contributed by atoms with van der Waals surface area (Å²) < 4.78 is 0. The van der Waals surface area contributed by atoms with Crippen molar-refractivity contribution in [3.63, 3.8) is 0 Å². The monoisotopic (exact) mass is 557 g/mol. The third-order valence-corrected chi connectivity index (χ3v) is 6.10. The first-order valence-electron chi connectivity index (χ1n) is 12.5. The Hall–Kier alpha value is -3.79. The zero-order chi connectivity index (χ0) is 29.9. The van der Waals surface area contributed by atoms with Crippen LogP contribution in [-0.2, 0) is 33.6 Å². The number of nitrogens with one attached hydrogen (secondary N) is 4. The molecule has 0 aromatic carbocycles. The second kappa shape index (κ2) is 15.6. The van der Waals surface area contributed by atoms with Gasteiger partial charge in [-0.15, -0.1) is 0 Å². The van der Waals surface area contributed by atoms with Crippen molar-refractivity contribution in [1.29, 1.82) is 0 Å². The zero-order valence-corrected chi connectivity index (χ0v) is 22.3. The van der Waals surface area contributed by atoms with Crippen molar-refractivity contribution in [2.24, 2.45) is 17.4 Å². The van der Waals surface area contributed by atoms with E-state index in [-0.39, 0.29) is 12.8 Å². The molecule has 0 saturated carbocycles. The normalized spacial score (nSPS) is 17.9. The van der Waals surface area contributed by atoms with Crippen LogP contribution in [0.5, 0.6) is 0 Å². The van der Waals surface area contributed by atoms with E-state index in [4.69, 9.17) is 21.7 Å². The topological polar surface area (TPSA) is 263 Å². The lowest BCUT2D eigenvalue weighted by atomic mass is 10.0. The van der Waals surface area contributed by atoms with Gasteiger partial charge in [0, 0.05) is 13.0 Å². The minimum Gasteiger partial charge on any atom is -0.480 e. The number of amides is 6. The maximum atomic E-state index is 12.6. The SMILES string of the molecule is CC(C)[C@H](NC(=O)[C@H](C)NC(=O)CNC(=O)[C@@H]1CCCN1C(=O)[C@@H](N)CCC(N)=O)C(=O)N[C@@H](CO)C(=O)O. The maximum Gasteiger partial charge on any atom is 0.328 e. The summed E-state index contributed by atoms with van der Waals surface area (Å²) in [7, 11) is 0. The molecule has 6 amide bonds. The van der Waals surface area contributed by atoms with Gasteiger partial charge in [-0.25, -0.2) is 4.79 Å². The number of hydrogen-bond donors (Lipinski definition) is 8. The number of hydrogen-bond acceptors (Lipinski definition) is 9. The Balaban J connectivity index is 2.62. The third kappa shape index (κ3) is 10.5. The van der Waals surface area contributed by atoms with Gasteiger partial charge in [0.25, 0.3) is 0 Å². The highest BCUT2D eigenvalue weighted by Gasteiger charge is 2.36. The molecule has 10 N–H and O–H groups in total. The van der Waals surface area contributed by atoms with Crippen LogP contribution >= 0.6 is 0 Å². The molecule has 39 heavy (non-hydrogen) atoms. The van der Waals surface area contributed by atoms with E-state index in [1.54, 1.807) is 13.8 Å². The van der Waals surface area contributed by atoms with Gasteiger partial charge in [-0.2, -0.15) is 0 Å². The van der Waals surface area contributed by atoms with Gasteiger partial charge in [-0.1, -0.05) is 13.8 Å². The molecule has 1 aliphatic rings. The van der Waals surface area contributed by atoms with E-state index in [9.17, 15) is 33.6 Å². The number of carbonyl (C=O) groups excluding carboxylic acids is 6. The fourth-order valence-electron chi connectivity index (χ4n) is 3.84. The second-order valence-electron chi connectivity index (χ2n) is 9.62. The number of aliphatic hydroxyl groups is 1. The van der Waals surface area contributed by atoms with E-state index in [1.807, 2.05) is 0 Å². The van der Waals surface area contributed by atoms with Crippen molar-refractivity contribution in [2.45, 2.75) is 76.7 Å². The number of primary amides is 1. The van der Waals surface area contributed by atoms with Crippen molar-refractivity contribution in [1.82, 2.24) is 26.2 Å². The standard InChI is InChI=1S/C23H39N7O9/c1-11(2)18(21(36)28-14(10-31)23(38)39)29-19(34)12(3)27-17(33)9-26-20(35)15-5-4-8-30(15)22(37)13(24)6-7-16(25)32/h11-15,18,31H,4-10,24H2,1-3H3,(H2,25,32)(H,26,35)(H,27,33)(H,28,36)(H,29,34)(H,38,39)/t12-,13-,14-,15-,18-/m0/s1. The summed E-state index contributed by atoms with van der Waals surface area (Å²) in [6.45, 7) is 3.53. The lowest BCUT2D eigenvalue weighted by Gasteiger charge is -2.27. The first-order valence-corrected chi connectivity index (χ1v) is 12.5. The lowest BCUT2D eigenvalue weighted by molar-refractivity contribution is -0.143. The number of nitrogens with two attached hydrogens (primary N) is 2. The van der Waals surface area contributed by atoms with Crippen molar-refractivity contribution < 1.29 is 43.8 Å². The Labute approximate surface area is 225 Å². The molecule has 16 nitrogen and oxygen atoms in total. The Kier molecular flexibility index (Phi) is 13.3. The zero-order valence-electron chi connectivity index (χ0n) is 22.3. The van der Waals surface area contributed by atoms with Gasteiger partial charge in [0.2, 0.25) is 35.4 Å². The molecule has 1 saturated heterocycles. The van der Waals surface area contributed by atoms with Crippen LogP contribution in [-0.4, -0.2) is 106 Å². The molecule has 0 aromatic rings. The number of aliphatic hydroxyl groups excluding tert-OH is 1. The van der Waals surface area contributed by atoms with E-state index in [0.717, 1.165) is 0 Å². The molecule has 1 heterocycles. The number of carboxylic acid groups (broad SMARTS) is 1. The van der Waals surface area contributed by atoms with Crippen LogP contribution in [0, 0.1) is 5.92 Å². The molecule has 1 aliphatic heterocycles. The van der Waals surface area contributed by atoms with E-state index >= 15 is 0 Å². The summed E-state index contributed by atoms with van der Waals surface area (Å²) >= 11 is 0. The van der Waals surface area contributed by atoms with Gasteiger partial charge >= 0.3 is 5.97 Å². The Morgan fingerprint density at radius 2 is 1.64 bits per heavy atom. The summed E-state index contributed by atoms with van der Waals surface area (Å²) in [5.74, 6) is -5.85. The Morgan fingerprint density at radius 1 is 1.00 bits per heavy atom. The summed E-state index contributed by atoms with van der Waals surface area (Å²) in [5.41, 5.74) is 10.9. The second-order valence-corrected chi connectivity index (χ2v) is 9.62. The fraction of sp³-hybridized carbons (Fsp3) is 0.696. The summed E-state index contributed by atoms with van der Waals surface area (Å²) in [5, 5.41) is 27.5. The Bertz CT molecular complexity index is 943. The summed E-state index contributed by atoms with van der Waals surface area (Å²) in [6, 6.07) is -5.66. The van der Waals surface area contributed by atoms with Crippen LogP contribution in [0.25, 0.3) is 0 Å². The third-order valence-electron chi connectivity index (χ3n) is 6.10. The van der Waals surface area contributed by atoms with Crippen LogP contribution in [0.2, 0.25) is 0 Å². The number of carboxylic acids is 1. The smallest absolute Gasteiger partial charge is 0.328 e. The minimum absolute atomic E-state index is 0.0439. The predicted octanol–water partition coefficient (Wildman–Crippen LogP) is -4.11. The summed E-state index contributed by atoms with van der Waals surface area (Å²) in [6.07, 6.45) is 0.879. The molecule has 0 aromatic heterocycles. The number of likely N-dealkylation sites (tertiary alicyclic amines) is 1. The Morgan fingerprint density at radius 3 is 2.18 bits per heavy atom. The average molecular weight is 558 g/mol. The first kappa shape index (κ1) is 33.2. The van der Waals surface area contributed by atoms with Gasteiger partial charge in [-0.05, 0) is 32.1 Å². The van der Waals surface area contributed by atoms with Crippen LogP contribution in [0.3, 0.4) is 0 Å². The quantitative estimate of drug-likeness (QED) is 0.0964. The van der Waals surface area contributed by atoms with Gasteiger partial charge in [0.1, 0.15) is 24.2 Å². The predicted molar refractivity (Wildman–Crippen MR) is 135 cm³/mol. The van der Waals surface area contributed by atoms with Crippen molar-refractivity contribution in [3.05, 3.63) is 0 Å². The lowest BCUT2D eigenvalue weighted by Crippen LogP contribution is -2.58. The number of rotatable bonds is 15. The molecule has 1 fully saturated rings. The molecule has 5 atom stereocenters. The van der Waals surface area contributed by atoms with Crippen molar-refractivity contribution >= 4 is 41.4 Å². The molecule has 0 bridgehead atoms. The van der Waals surface area contributed by atoms with Crippen LogP contribution in [0.4, 0.5) is 0 Å². The molecule has 0 spiro atoms. The fourth-order valence-corrected chi connectivity index (χ4v) is 3.84. The van der Waals surface area contributed by atoms with Crippen LogP contribution in [0.15, 0.2) is 0 Å². The van der Waals surface area contributed by atoms with Gasteiger partial charge < -0.3 is 47.8 Å². The van der Waals surface area contributed by atoms with Crippen LogP contribution < -0.4 is 32.7 Å². The van der Waals surface area contributed by atoms with Crippen LogP contribution in [0.1, 0.15) is 46.5 Å². The number of aliphatic carboxylic acids is 1. The van der Waals surface area contributed by atoms with Crippen molar-refractivity contribution in [2.75, 3.05) is 19.7 Å². The molecule has 1 rings (SSSR count). The maximum absolute atomic E-state index is 12.6. The molecule has 0 radical (unpaired) electrons. The molecule has 0 aliphatic carbocycles. The van der Waals surface area contributed by atoms with E-state index in [0.29, 0.717) is 19.4 Å². The van der Waals surface area contributed by atoms with E-state index in [2.05, 4.69) is 21.3 Å². The number of carbonyl (C=O) groups is 7. The minimum atomic E-state index is -1.55. The molecule has 220 valence electrons. The molecule has 0 unspecified atom stereocenters. The largest absolute Gasteiger partial charge is 0.480 e. The molecular formula is C23H39N7O9. The van der Waals surface area contributed by atoms with Crippen molar-refractivity contribution in [3.8, 4) is 0 Å². The number of nitrogens with zero attached hydrogens (tertiary/aromatic N) is 1. The molecule has 16 heteroatoms. The van der Waals surface area contributed by atoms with Gasteiger partial charge in [0.05, 0.1) is 19.2 Å². The average Bonchev–Trinajstić information content (AvgIpc) is 3.36. The highest BCUT2D eigenvalue weighted by molar-refractivity contribution is 5.95. The van der Waals surface area contributed by atoms with E-state index in [1.165, 1.54) is 11.8 Å². The highest BCUT2D eigenvalue weighted by Crippen LogP contribution is 2.19. The van der Waals surface area contributed by atoms with Gasteiger partial charge in [0.15, 0.2) is 0 Å². The first-order chi connectivity index (χ1) is 18.2. The van der Waals surface area contributed by atoms with Gasteiger partial charge in [-0.3, -0.25) is 28.8 Å².